The summed E-state index contributed by atoms with van der Waals surface area (Å²) in [4.78, 5) is 28.2. The minimum Gasteiger partial charge on any atom is -0.326 e. The van der Waals surface area contributed by atoms with Crippen LogP contribution in [-0.4, -0.2) is 26.6 Å². The lowest BCUT2D eigenvalue weighted by atomic mass is 10.2. The van der Waals surface area contributed by atoms with Gasteiger partial charge in [-0.15, -0.1) is 0 Å². The van der Waals surface area contributed by atoms with Crippen LogP contribution in [0.4, 0.5) is 11.4 Å². The minimum absolute atomic E-state index is 0.0895. The fraction of sp³-hybridized carbons (Fsp3) is 0.158. The van der Waals surface area contributed by atoms with Gasteiger partial charge in [0.25, 0.3) is 5.91 Å². The number of pyridine rings is 1. The number of aromatic nitrogens is 3. The molecule has 7 nitrogen and oxygen atoms in total. The first-order chi connectivity index (χ1) is 12.8. The average Bonchev–Trinajstić information content (AvgIpc) is 2.93. The topological polar surface area (TPSA) is 88.9 Å². The van der Waals surface area contributed by atoms with Crippen LogP contribution in [0.25, 0.3) is 5.82 Å². The van der Waals surface area contributed by atoms with Crippen LogP contribution in [0.15, 0.2) is 42.5 Å². The van der Waals surface area contributed by atoms with Crippen molar-refractivity contribution in [2.24, 2.45) is 0 Å². The third-order valence-electron chi connectivity index (χ3n) is 3.71. The van der Waals surface area contributed by atoms with E-state index in [1.807, 2.05) is 19.9 Å². The zero-order valence-corrected chi connectivity index (χ0v) is 15.8. The molecule has 1 aromatic carbocycles. The number of anilines is 2. The molecule has 3 aromatic rings. The van der Waals surface area contributed by atoms with Gasteiger partial charge in [0.1, 0.15) is 5.69 Å². The van der Waals surface area contributed by atoms with Gasteiger partial charge in [0, 0.05) is 24.0 Å². The van der Waals surface area contributed by atoms with Crippen LogP contribution in [0.3, 0.4) is 0 Å². The molecular weight excluding hydrogens is 366 g/mol. The SMILES string of the molecule is CC(=O)Nc1cccc(NC(=O)c2nc(-n3nc(C)cc3C)ccc2Cl)c1. The second kappa shape index (κ2) is 7.59. The quantitative estimate of drug-likeness (QED) is 0.718. The van der Waals surface area contributed by atoms with Crippen LogP contribution in [0.1, 0.15) is 28.8 Å². The van der Waals surface area contributed by atoms with Crippen molar-refractivity contribution in [1.29, 1.82) is 0 Å². The summed E-state index contributed by atoms with van der Waals surface area (Å²) in [6.07, 6.45) is 0. The molecule has 2 aromatic heterocycles. The van der Waals surface area contributed by atoms with E-state index in [4.69, 9.17) is 11.6 Å². The Morgan fingerprint density at radius 2 is 1.74 bits per heavy atom. The van der Waals surface area contributed by atoms with E-state index >= 15 is 0 Å². The number of rotatable bonds is 4. The molecule has 138 valence electrons. The Hall–Kier alpha value is -3.19. The number of amides is 2. The highest BCUT2D eigenvalue weighted by Crippen LogP contribution is 2.20. The maximum Gasteiger partial charge on any atom is 0.275 e. The molecule has 2 amide bonds. The Bertz CT molecular complexity index is 1030. The first kappa shape index (κ1) is 18.6. The highest BCUT2D eigenvalue weighted by molar-refractivity contribution is 6.34. The van der Waals surface area contributed by atoms with Gasteiger partial charge in [0.2, 0.25) is 5.91 Å². The Kier molecular flexibility index (Phi) is 5.23. The van der Waals surface area contributed by atoms with Gasteiger partial charge >= 0.3 is 0 Å². The molecule has 27 heavy (non-hydrogen) atoms. The molecule has 0 unspecified atom stereocenters. The molecule has 0 aliphatic carbocycles. The molecule has 0 saturated heterocycles. The number of carbonyl (C=O) groups is 2. The predicted octanol–water partition coefficient (Wildman–Crippen LogP) is 3.75. The first-order valence-electron chi connectivity index (χ1n) is 8.22. The van der Waals surface area contributed by atoms with E-state index in [-0.39, 0.29) is 16.6 Å². The number of halogens is 1. The number of hydrogen-bond donors (Lipinski definition) is 2. The standard InChI is InChI=1S/C19H18ClN5O2/c1-11-9-12(2)25(24-11)17-8-7-16(20)18(23-17)19(27)22-15-6-4-5-14(10-15)21-13(3)26/h4-10H,1-3H3,(H,21,26)(H,22,27). The van der Waals surface area contributed by atoms with Gasteiger partial charge in [0.15, 0.2) is 5.82 Å². The van der Waals surface area contributed by atoms with E-state index in [1.54, 1.807) is 41.1 Å². The van der Waals surface area contributed by atoms with Crippen LogP contribution in [0.5, 0.6) is 0 Å². The predicted molar refractivity (Wildman–Crippen MR) is 105 cm³/mol. The van der Waals surface area contributed by atoms with Crippen molar-refractivity contribution in [1.82, 2.24) is 14.8 Å². The molecule has 0 spiro atoms. The number of carbonyl (C=O) groups excluding carboxylic acids is 2. The number of aryl methyl sites for hydroxylation is 2. The summed E-state index contributed by atoms with van der Waals surface area (Å²) >= 11 is 6.18. The van der Waals surface area contributed by atoms with Crippen molar-refractivity contribution < 1.29 is 9.59 Å². The van der Waals surface area contributed by atoms with E-state index in [1.165, 1.54) is 6.92 Å². The third kappa shape index (κ3) is 4.32. The highest BCUT2D eigenvalue weighted by Gasteiger charge is 2.16. The Balaban J connectivity index is 1.88. The molecule has 8 heteroatoms. The van der Waals surface area contributed by atoms with Crippen molar-refractivity contribution in [2.45, 2.75) is 20.8 Å². The molecule has 3 rings (SSSR count). The van der Waals surface area contributed by atoms with E-state index in [0.717, 1.165) is 11.4 Å². The molecule has 0 saturated carbocycles. The van der Waals surface area contributed by atoms with E-state index in [9.17, 15) is 9.59 Å². The number of nitrogens with one attached hydrogen (secondary N) is 2. The summed E-state index contributed by atoms with van der Waals surface area (Å²) in [5, 5.41) is 10.0. The van der Waals surface area contributed by atoms with E-state index in [0.29, 0.717) is 17.2 Å². The zero-order valence-electron chi connectivity index (χ0n) is 15.1. The lowest BCUT2D eigenvalue weighted by Crippen LogP contribution is -2.16. The Morgan fingerprint density at radius 3 is 2.37 bits per heavy atom. The molecule has 0 fully saturated rings. The smallest absolute Gasteiger partial charge is 0.275 e. The minimum atomic E-state index is -0.455. The molecule has 0 radical (unpaired) electrons. The normalized spacial score (nSPS) is 10.5. The number of hydrogen-bond acceptors (Lipinski definition) is 4. The fourth-order valence-corrected chi connectivity index (χ4v) is 2.83. The third-order valence-corrected chi connectivity index (χ3v) is 4.02. The molecule has 2 heterocycles. The summed E-state index contributed by atoms with van der Waals surface area (Å²) in [5.41, 5.74) is 2.93. The summed E-state index contributed by atoms with van der Waals surface area (Å²) < 4.78 is 1.65. The summed E-state index contributed by atoms with van der Waals surface area (Å²) in [6.45, 7) is 5.21. The van der Waals surface area contributed by atoms with Crippen molar-refractivity contribution in [3.05, 3.63) is 64.6 Å². The summed E-state index contributed by atoms with van der Waals surface area (Å²) in [6, 6.07) is 12.1. The largest absolute Gasteiger partial charge is 0.326 e. The lowest BCUT2D eigenvalue weighted by molar-refractivity contribution is -0.114. The molecule has 0 aliphatic heterocycles. The van der Waals surface area contributed by atoms with Gasteiger partial charge in [-0.1, -0.05) is 17.7 Å². The van der Waals surface area contributed by atoms with Crippen molar-refractivity contribution in [2.75, 3.05) is 10.6 Å². The maximum absolute atomic E-state index is 12.7. The molecule has 0 atom stereocenters. The lowest BCUT2D eigenvalue weighted by Gasteiger charge is -2.10. The molecule has 2 N–H and O–H groups in total. The Labute approximate surface area is 161 Å². The van der Waals surface area contributed by atoms with Gasteiger partial charge in [0.05, 0.1) is 10.7 Å². The second-order valence-corrected chi connectivity index (χ2v) is 6.46. The summed E-state index contributed by atoms with van der Waals surface area (Å²) in [7, 11) is 0. The van der Waals surface area contributed by atoms with Crippen LogP contribution >= 0.6 is 11.6 Å². The molecule has 0 bridgehead atoms. The number of nitrogens with zero attached hydrogens (tertiary/aromatic N) is 3. The van der Waals surface area contributed by atoms with Gasteiger partial charge in [-0.3, -0.25) is 9.59 Å². The van der Waals surface area contributed by atoms with Gasteiger partial charge < -0.3 is 10.6 Å². The van der Waals surface area contributed by atoms with Crippen molar-refractivity contribution in [3.63, 3.8) is 0 Å². The summed E-state index contributed by atoms with van der Waals surface area (Å²) in [5.74, 6) is -0.147. The second-order valence-electron chi connectivity index (χ2n) is 6.05. The first-order valence-corrected chi connectivity index (χ1v) is 8.60. The highest BCUT2D eigenvalue weighted by atomic mass is 35.5. The zero-order chi connectivity index (χ0) is 19.6. The average molecular weight is 384 g/mol. The van der Waals surface area contributed by atoms with Crippen molar-refractivity contribution in [3.8, 4) is 5.82 Å². The molecular formula is C19H18ClN5O2. The van der Waals surface area contributed by atoms with E-state index < -0.39 is 5.91 Å². The van der Waals surface area contributed by atoms with Crippen LogP contribution in [0.2, 0.25) is 5.02 Å². The molecule has 0 aliphatic rings. The van der Waals surface area contributed by atoms with E-state index in [2.05, 4.69) is 20.7 Å². The van der Waals surface area contributed by atoms with Gasteiger partial charge in [-0.05, 0) is 50.2 Å². The Morgan fingerprint density at radius 1 is 1.04 bits per heavy atom. The fourth-order valence-electron chi connectivity index (χ4n) is 2.64. The van der Waals surface area contributed by atoms with Crippen LogP contribution in [-0.2, 0) is 4.79 Å². The van der Waals surface area contributed by atoms with Gasteiger partial charge in [-0.25, -0.2) is 9.67 Å². The van der Waals surface area contributed by atoms with Crippen LogP contribution < -0.4 is 10.6 Å². The van der Waals surface area contributed by atoms with Gasteiger partial charge in [-0.2, -0.15) is 5.10 Å². The van der Waals surface area contributed by atoms with Crippen LogP contribution in [0, 0.1) is 13.8 Å². The van der Waals surface area contributed by atoms with Crippen molar-refractivity contribution >= 4 is 34.8 Å². The number of benzene rings is 1. The maximum atomic E-state index is 12.7. The monoisotopic (exact) mass is 383 g/mol.